The minimum absolute atomic E-state index is 0.105. The fraction of sp³-hybridized carbons (Fsp3) is 0.467. The van der Waals surface area contributed by atoms with Crippen LogP contribution in [0.15, 0.2) is 24.3 Å². The molecular formula is C15H19NO2S. The molecule has 1 aliphatic heterocycles. The minimum Gasteiger partial charge on any atom is -0.492 e. The number of aliphatic hydroxyl groups is 1. The highest BCUT2D eigenvalue weighted by atomic mass is 32.2. The summed E-state index contributed by atoms with van der Waals surface area (Å²) in [6.07, 6.45) is 0. The van der Waals surface area contributed by atoms with E-state index in [1.165, 1.54) is 24.6 Å². The number of benzene rings is 1. The standard InChI is InChI=1S/C15H19NO2S/c17-10-1-2-14-3-5-15(6-4-14)18-11-7-16-8-12-19-13-9-16/h3-6,17H,7-13H2. The van der Waals surface area contributed by atoms with Gasteiger partial charge in [-0.1, -0.05) is 11.8 Å². The second kappa shape index (κ2) is 8.11. The summed E-state index contributed by atoms with van der Waals surface area (Å²) in [5, 5.41) is 8.62. The van der Waals surface area contributed by atoms with Gasteiger partial charge in [-0.25, -0.2) is 0 Å². The molecule has 1 aromatic rings. The van der Waals surface area contributed by atoms with E-state index < -0.39 is 0 Å². The van der Waals surface area contributed by atoms with E-state index in [4.69, 9.17) is 9.84 Å². The molecule has 1 fully saturated rings. The van der Waals surface area contributed by atoms with Crippen LogP contribution < -0.4 is 4.74 Å². The van der Waals surface area contributed by atoms with Crippen molar-refractivity contribution in [3.8, 4) is 17.6 Å². The Kier molecular flexibility index (Phi) is 6.09. The third-order valence-electron chi connectivity index (χ3n) is 2.95. The molecule has 4 heteroatoms. The number of nitrogens with zero attached hydrogens (tertiary/aromatic N) is 1. The maximum Gasteiger partial charge on any atom is 0.119 e. The van der Waals surface area contributed by atoms with E-state index in [1.807, 2.05) is 36.0 Å². The topological polar surface area (TPSA) is 32.7 Å². The molecule has 1 heterocycles. The van der Waals surface area contributed by atoms with Gasteiger partial charge in [0.05, 0.1) is 0 Å². The van der Waals surface area contributed by atoms with Crippen molar-refractivity contribution in [2.75, 3.05) is 44.4 Å². The molecule has 102 valence electrons. The first-order chi connectivity index (χ1) is 9.38. The Bertz CT molecular complexity index is 430. The molecule has 0 radical (unpaired) electrons. The first-order valence-corrected chi connectivity index (χ1v) is 7.66. The normalized spacial score (nSPS) is 15.6. The molecule has 0 aliphatic carbocycles. The van der Waals surface area contributed by atoms with Crippen molar-refractivity contribution >= 4 is 11.8 Å². The lowest BCUT2D eigenvalue weighted by atomic mass is 10.2. The van der Waals surface area contributed by atoms with E-state index in [9.17, 15) is 0 Å². The van der Waals surface area contributed by atoms with Gasteiger partial charge in [0.25, 0.3) is 0 Å². The molecule has 0 amide bonds. The van der Waals surface area contributed by atoms with E-state index in [2.05, 4.69) is 16.7 Å². The summed E-state index contributed by atoms with van der Waals surface area (Å²) in [6.45, 7) is 3.96. The molecule has 1 N–H and O–H groups in total. The van der Waals surface area contributed by atoms with Gasteiger partial charge in [-0.15, -0.1) is 0 Å². The fourth-order valence-corrected chi connectivity index (χ4v) is 2.87. The van der Waals surface area contributed by atoms with Crippen LogP contribution in [0.4, 0.5) is 0 Å². The lowest BCUT2D eigenvalue weighted by Crippen LogP contribution is -2.35. The largest absolute Gasteiger partial charge is 0.492 e. The lowest BCUT2D eigenvalue weighted by Gasteiger charge is -2.25. The summed E-state index contributed by atoms with van der Waals surface area (Å²) < 4.78 is 5.72. The smallest absolute Gasteiger partial charge is 0.119 e. The van der Waals surface area contributed by atoms with Crippen molar-refractivity contribution in [3.63, 3.8) is 0 Å². The van der Waals surface area contributed by atoms with Crippen molar-refractivity contribution < 1.29 is 9.84 Å². The van der Waals surface area contributed by atoms with Crippen molar-refractivity contribution in [2.45, 2.75) is 0 Å². The van der Waals surface area contributed by atoms with Crippen LogP contribution in [0.1, 0.15) is 5.56 Å². The maximum absolute atomic E-state index is 8.62. The number of thioether (sulfide) groups is 1. The maximum atomic E-state index is 8.62. The summed E-state index contributed by atoms with van der Waals surface area (Å²) in [7, 11) is 0. The number of ether oxygens (including phenoxy) is 1. The van der Waals surface area contributed by atoms with Gasteiger partial charge < -0.3 is 9.84 Å². The molecule has 0 aromatic heterocycles. The zero-order chi connectivity index (χ0) is 13.3. The van der Waals surface area contributed by atoms with Crippen molar-refractivity contribution in [1.29, 1.82) is 0 Å². The summed E-state index contributed by atoms with van der Waals surface area (Å²) in [5.41, 5.74) is 0.898. The minimum atomic E-state index is -0.105. The number of hydrogen-bond acceptors (Lipinski definition) is 4. The predicted octanol–water partition coefficient (Wildman–Crippen LogP) is 1.46. The molecule has 0 atom stereocenters. The van der Waals surface area contributed by atoms with E-state index >= 15 is 0 Å². The van der Waals surface area contributed by atoms with Gasteiger partial charge in [-0.3, -0.25) is 4.90 Å². The van der Waals surface area contributed by atoms with E-state index in [0.29, 0.717) is 0 Å². The Labute approximate surface area is 118 Å². The van der Waals surface area contributed by atoms with Crippen molar-refractivity contribution in [3.05, 3.63) is 29.8 Å². The van der Waals surface area contributed by atoms with Gasteiger partial charge in [0.2, 0.25) is 0 Å². The lowest BCUT2D eigenvalue weighted by molar-refractivity contribution is 0.222. The van der Waals surface area contributed by atoms with Crippen molar-refractivity contribution in [1.82, 2.24) is 4.90 Å². The number of aliphatic hydroxyl groups excluding tert-OH is 1. The Morgan fingerprint density at radius 2 is 1.95 bits per heavy atom. The van der Waals surface area contributed by atoms with Crippen LogP contribution in [0, 0.1) is 11.8 Å². The number of hydrogen-bond donors (Lipinski definition) is 1. The summed E-state index contributed by atoms with van der Waals surface area (Å²) in [6, 6.07) is 7.67. The van der Waals surface area contributed by atoms with Crippen LogP contribution in [0.2, 0.25) is 0 Å². The Balaban J connectivity index is 1.73. The highest BCUT2D eigenvalue weighted by molar-refractivity contribution is 7.99. The van der Waals surface area contributed by atoms with Crippen molar-refractivity contribution in [2.24, 2.45) is 0 Å². The predicted molar refractivity (Wildman–Crippen MR) is 79.7 cm³/mol. The second-order valence-corrected chi connectivity index (χ2v) is 5.51. The number of rotatable bonds is 4. The molecule has 0 spiro atoms. The van der Waals surface area contributed by atoms with Crippen LogP contribution in [-0.2, 0) is 0 Å². The average Bonchev–Trinajstić information content (AvgIpc) is 2.47. The quantitative estimate of drug-likeness (QED) is 0.845. The van der Waals surface area contributed by atoms with Gasteiger partial charge >= 0.3 is 0 Å². The molecule has 1 saturated heterocycles. The van der Waals surface area contributed by atoms with Crippen LogP contribution in [0.5, 0.6) is 5.75 Å². The van der Waals surface area contributed by atoms with E-state index in [-0.39, 0.29) is 6.61 Å². The third kappa shape index (κ3) is 5.15. The summed E-state index contributed by atoms with van der Waals surface area (Å²) >= 11 is 2.02. The Morgan fingerprint density at radius 3 is 2.63 bits per heavy atom. The van der Waals surface area contributed by atoms with Gasteiger partial charge in [-0.2, -0.15) is 11.8 Å². The van der Waals surface area contributed by atoms with Gasteiger partial charge in [0, 0.05) is 36.7 Å². The van der Waals surface area contributed by atoms with Gasteiger partial charge in [-0.05, 0) is 24.3 Å². The molecule has 1 aliphatic rings. The molecule has 0 bridgehead atoms. The fourth-order valence-electron chi connectivity index (χ4n) is 1.89. The molecule has 2 rings (SSSR count). The van der Waals surface area contributed by atoms with Crippen LogP contribution in [0.3, 0.4) is 0 Å². The Hall–Kier alpha value is -1.15. The monoisotopic (exact) mass is 277 g/mol. The first-order valence-electron chi connectivity index (χ1n) is 6.51. The summed E-state index contributed by atoms with van der Waals surface area (Å²) in [5.74, 6) is 8.83. The third-order valence-corrected chi connectivity index (χ3v) is 3.89. The van der Waals surface area contributed by atoms with E-state index in [0.717, 1.165) is 24.5 Å². The first kappa shape index (κ1) is 14.3. The molecular weight excluding hydrogens is 258 g/mol. The molecule has 0 saturated carbocycles. The van der Waals surface area contributed by atoms with E-state index in [1.54, 1.807) is 0 Å². The Morgan fingerprint density at radius 1 is 1.21 bits per heavy atom. The van der Waals surface area contributed by atoms with Gasteiger partial charge in [0.1, 0.15) is 19.0 Å². The van der Waals surface area contributed by atoms with Gasteiger partial charge in [0.15, 0.2) is 0 Å². The zero-order valence-corrected chi connectivity index (χ0v) is 11.8. The molecule has 3 nitrogen and oxygen atoms in total. The average molecular weight is 277 g/mol. The van der Waals surface area contributed by atoms with Crippen LogP contribution in [0.25, 0.3) is 0 Å². The second-order valence-electron chi connectivity index (χ2n) is 4.29. The molecule has 1 aromatic carbocycles. The van der Waals surface area contributed by atoms with Crippen LogP contribution >= 0.6 is 11.8 Å². The zero-order valence-electron chi connectivity index (χ0n) is 11.0. The molecule has 19 heavy (non-hydrogen) atoms. The SMILES string of the molecule is OCC#Cc1ccc(OCCN2CCSCC2)cc1. The highest BCUT2D eigenvalue weighted by Crippen LogP contribution is 2.12. The highest BCUT2D eigenvalue weighted by Gasteiger charge is 2.09. The molecule has 0 unspecified atom stereocenters. The summed E-state index contributed by atoms with van der Waals surface area (Å²) in [4.78, 5) is 2.44. The van der Waals surface area contributed by atoms with Crippen LogP contribution in [-0.4, -0.2) is 54.4 Å².